The lowest BCUT2D eigenvalue weighted by atomic mass is 10.2. The molecule has 108 valence electrons. The molecule has 21 heavy (non-hydrogen) atoms. The van der Waals surface area contributed by atoms with Crippen molar-refractivity contribution in [3.05, 3.63) is 67.9 Å². The number of aromatic nitrogens is 1. The second-order valence-corrected chi connectivity index (χ2v) is 4.42. The van der Waals surface area contributed by atoms with Gasteiger partial charge in [0.1, 0.15) is 0 Å². The summed E-state index contributed by atoms with van der Waals surface area (Å²) in [6.07, 6.45) is 1.52. The van der Waals surface area contributed by atoms with E-state index in [1.807, 2.05) is 0 Å². The van der Waals surface area contributed by atoms with Gasteiger partial charge in [0.05, 0.1) is 9.85 Å². The minimum absolute atomic E-state index is 0.0272. The van der Waals surface area contributed by atoms with Crippen LogP contribution >= 0.6 is 0 Å². The number of nitrogens with one attached hydrogen (secondary N) is 1. The second-order valence-electron chi connectivity index (χ2n) is 4.42. The Morgan fingerprint density at radius 1 is 1.19 bits per heavy atom. The topological polar surface area (TPSA) is 111 Å². The van der Waals surface area contributed by atoms with Crippen LogP contribution in [0.3, 0.4) is 0 Å². The van der Waals surface area contributed by atoms with Gasteiger partial charge in [0.15, 0.2) is 0 Å². The Balaban J connectivity index is 2.18. The summed E-state index contributed by atoms with van der Waals surface area (Å²) in [7, 11) is 0. The highest BCUT2D eigenvalue weighted by atomic mass is 16.6. The van der Waals surface area contributed by atoms with E-state index >= 15 is 0 Å². The zero-order chi connectivity index (χ0) is 15.4. The standard InChI is InChI=1S/C13H12N4O4/c1-9-5-12(17(20)21)13(14-7-9)15-8-10-3-2-4-11(6-10)16(18)19/h2-7H,8H2,1H3,(H,14,15). The maximum atomic E-state index is 11.0. The summed E-state index contributed by atoms with van der Waals surface area (Å²) in [5.74, 6) is 0.136. The van der Waals surface area contributed by atoms with Crippen molar-refractivity contribution in [2.45, 2.75) is 13.5 Å². The molecule has 1 aromatic carbocycles. The summed E-state index contributed by atoms with van der Waals surface area (Å²) < 4.78 is 0. The van der Waals surface area contributed by atoms with E-state index in [1.165, 1.54) is 24.4 Å². The largest absolute Gasteiger partial charge is 0.360 e. The summed E-state index contributed by atoms with van der Waals surface area (Å²) in [6, 6.07) is 7.47. The van der Waals surface area contributed by atoms with Crippen LogP contribution in [0.4, 0.5) is 17.2 Å². The van der Waals surface area contributed by atoms with Gasteiger partial charge in [-0.25, -0.2) is 4.98 Å². The Bertz CT molecular complexity index is 702. The van der Waals surface area contributed by atoms with Crippen LogP contribution in [-0.2, 0) is 6.54 Å². The van der Waals surface area contributed by atoms with Gasteiger partial charge in [0.2, 0.25) is 5.82 Å². The molecule has 0 saturated heterocycles. The Morgan fingerprint density at radius 2 is 1.95 bits per heavy atom. The average Bonchev–Trinajstić information content (AvgIpc) is 2.46. The van der Waals surface area contributed by atoms with Gasteiger partial charge in [-0.1, -0.05) is 12.1 Å². The van der Waals surface area contributed by atoms with E-state index in [0.29, 0.717) is 11.1 Å². The lowest BCUT2D eigenvalue weighted by molar-refractivity contribution is -0.384. The third-order valence-electron chi connectivity index (χ3n) is 2.78. The first-order chi connectivity index (χ1) is 9.97. The molecule has 0 aliphatic heterocycles. The van der Waals surface area contributed by atoms with Gasteiger partial charge in [-0.3, -0.25) is 20.2 Å². The van der Waals surface area contributed by atoms with Gasteiger partial charge in [-0.05, 0) is 18.1 Å². The van der Waals surface area contributed by atoms with E-state index in [1.54, 1.807) is 19.1 Å². The third kappa shape index (κ3) is 3.50. The number of hydrogen-bond acceptors (Lipinski definition) is 6. The lowest BCUT2D eigenvalue weighted by Crippen LogP contribution is -2.05. The minimum Gasteiger partial charge on any atom is -0.360 e. The van der Waals surface area contributed by atoms with E-state index in [-0.39, 0.29) is 23.7 Å². The first-order valence-corrected chi connectivity index (χ1v) is 6.05. The van der Waals surface area contributed by atoms with Crippen molar-refractivity contribution in [2.75, 3.05) is 5.32 Å². The second kappa shape index (κ2) is 5.95. The van der Waals surface area contributed by atoms with Crippen LogP contribution in [0.1, 0.15) is 11.1 Å². The monoisotopic (exact) mass is 288 g/mol. The van der Waals surface area contributed by atoms with Gasteiger partial charge in [-0.15, -0.1) is 0 Å². The number of hydrogen-bond donors (Lipinski definition) is 1. The summed E-state index contributed by atoms with van der Waals surface area (Å²) in [5, 5.41) is 24.5. The minimum atomic E-state index is -0.518. The van der Waals surface area contributed by atoms with E-state index in [4.69, 9.17) is 0 Å². The summed E-state index contributed by atoms with van der Waals surface area (Å²) >= 11 is 0. The van der Waals surface area contributed by atoms with E-state index < -0.39 is 9.85 Å². The Kier molecular flexibility index (Phi) is 4.07. The van der Waals surface area contributed by atoms with Crippen molar-refractivity contribution in [1.29, 1.82) is 0 Å². The van der Waals surface area contributed by atoms with E-state index in [2.05, 4.69) is 10.3 Å². The van der Waals surface area contributed by atoms with Crippen molar-refractivity contribution in [2.24, 2.45) is 0 Å². The maximum Gasteiger partial charge on any atom is 0.311 e. The fourth-order valence-electron chi connectivity index (χ4n) is 1.79. The normalized spacial score (nSPS) is 10.1. The molecule has 8 nitrogen and oxygen atoms in total. The first kappa shape index (κ1) is 14.4. The fourth-order valence-corrected chi connectivity index (χ4v) is 1.79. The number of non-ortho nitro benzene ring substituents is 1. The first-order valence-electron chi connectivity index (χ1n) is 6.05. The Hall–Kier alpha value is -3.03. The van der Waals surface area contributed by atoms with Gasteiger partial charge < -0.3 is 5.32 Å². The number of anilines is 1. The Labute approximate surface area is 119 Å². The molecular formula is C13H12N4O4. The average molecular weight is 288 g/mol. The summed E-state index contributed by atoms with van der Waals surface area (Å²) in [6.45, 7) is 1.92. The molecule has 8 heteroatoms. The van der Waals surface area contributed by atoms with Crippen LogP contribution in [0, 0.1) is 27.2 Å². The molecule has 0 spiro atoms. The molecule has 2 rings (SSSR count). The highest BCUT2D eigenvalue weighted by molar-refractivity contribution is 5.56. The van der Waals surface area contributed by atoms with Crippen LogP contribution in [0.5, 0.6) is 0 Å². The van der Waals surface area contributed by atoms with Gasteiger partial charge in [0, 0.05) is 30.9 Å². The molecule has 0 unspecified atom stereocenters. The van der Waals surface area contributed by atoms with Crippen molar-refractivity contribution in [3.63, 3.8) is 0 Å². The molecule has 2 aromatic rings. The zero-order valence-corrected chi connectivity index (χ0v) is 11.1. The van der Waals surface area contributed by atoms with E-state index in [9.17, 15) is 20.2 Å². The van der Waals surface area contributed by atoms with E-state index in [0.717, 1.165) is 0 Å². The van der Waals surface area contributed by atoms with Crippen molar-refractivity contribution >= 4 is 17.2 Å². The molecule has 1 aromatic heterocycles. The molecule has 0 aliphatic carbocycles. The van der Waals surface area contributed by atoms with Gasteiger partial charge in [0.25, 0.3) is 5.69 Å². The predicted octanol–water partition coefficient (Wildman–Crippen LogP) is 2.82. The van der Waals surface area contributed by atoms with Crippen LogP contribution in [0.15, 0.2) is 36.5 Å². The van der Waals surface area contributed by atoms with Gasteiger partial charge >= 0.3 is 5.69 Å². The molecular weight excluding hydrogens is 276 g/mol. The number of nitro benzene ring substituents is 1. The Morgan fingerprint density at radius 3 is 2.62 bits per heavy atom. The molecule has 0 bridgehead atoms. The maximum absolute atomic E-state index is 11.0. The lowest BCUT2D eigenvalue weighted by Gasteiger charge is -2.06. The third-order valence-corrected chi connectivity index (χ3v) is 2.78. The van der Waals surface area contributed by atoms with Crippen molar-refractivity contribution in [1.82, 2.24) is 4.98 Å². The molecule has 0 radical (unpaired) electrons. The number of nitrogens with zero attached hydrogens (tertiary/aromatic N) is 3. The van der Waals surface area contributed by atoms with Crippen molar-refractivity contribution in [3.8, 4) is 0 Å². The highest BCUT2D eigenvalue weighted by Gasteiger charge is 2.15. The number of aryl methyl sites for hydroxylation is 1. The molecule has 1 N–H and O–H groups in total. The fraction of sp³-hybridized carbons (Fsp3) is 0.154. The molecule has 0 aliphatic rings. The van der Waals surface area contributed by atoms with Crippen LogP contribution in [0.2, 0.25) is 0 Å². The molecule has 0 saturated carbocycles. The quantitative estimate of drug-likeness (QED) is 0.668. The summed E-state index contributed by atoms with van der Waals surface area (Å²) in [4.78, 5) is 24.6. The predicted molar refractivity (Wildman–Crippen MR) is 76.1 cm³/mol. The molecule has 0 fully saturated rings. The number of rotatable bonds is 5. The highest BCUT2D eigenvalue weighted by Crippen LogP contribution is 2.23. The number of nitro groups is 2. The zero-order valence-electron chi connectivity index (χ0n) is 11.1. The number of pyridine rings is 1. The molecule has 0 amide bonds. The molecule has 1 heterocycles. The van der Waals surface area contributed by atoms with Crippen molar-refractivity contribution < 1.29 is 9.85 Å². The smallest absolute Gasteiger partial charge is 0.311 e. The SMILES string of the molecule is Cc1cnc(NCc2cccc([N+](=O)[O-])c2)c([N+](=O)[O-])c1. The van der Waals surface area contributed by atoms with Crippen LogP contribution < -0.4 is 5.32 Å². The van der Waals surface area contributed by atoms with Crippen LogP contribution in [0.25, 0.3) is 0 Å². The van der Waals surface area contributed by atoms with Gasteiger partial charge in [-0.2, -0.15) is 0 Å². The summed E-state index contributed by atoms with van der Waals surface area (Å²) in [5.41, 5.74) is 1.17. The molecule has 0 atom stereocenters. The number of benzene rings is 1. The van der Waals surface area contributed by atoms with Crippen LogP contribution in [-0.4, -0.2) is 14.8 Å².